The molecule has 1 fully saturated rings. The number of fused-ring (bicyclic) bond motifs is 3. The van der Waals surface area contributed by atoms with E-state index < -0.39 is 5.97 Å². The molecule has 1 saturated heterocycles. The van der Waals surface area contributed by atoms with E-state index in [1.54, 1.807) is 12.1 Å². The van der Waals surface area contributed by atoms with E-state index in [-0.39, 0.29) is 30.5 Å². The average Bonchev–Trinajstić information content (AvgIpc) is 2.61. The van der Waals surface area contributed by atoms with Gasteiger partial charge in [0.1, 0.15) is 0 Å². The lowest BCUT2D eigenvalue weighted by molar-refractivity contribution is -0.0387. The second-order valence-electron chi connectivity index (χ2n) is 6.20. The third-order valence-corrected chi connectivity index (χ3v) is 4.89. The number of ether oxygens (including phenoxy) is 1. The number of aromatic carboxylic acids is 1. The van der Waals surface area contributed by atoms with Gasteiger partial charge in [0, 0.05) is 23.8 Å². The summed E-state index contributed by atoms with van der Waals surface area (Å²) in [5, 5.41) is 13.1. The molecular weight excluding hydrogens is 326 g/mol. The van der Waals surface area contributed by atoms with Crippen molar-refractivity contribution in [1.82, 2.24) is 0 Å². The van der Waals surface area contributed by atoms with Gasteiger partial charge >= 0.3 is 5.97 Å². The Labute approximate surface area is 147 Å². The quantitative estimate of drug-likeness (QED) is 0.844. The molecule has 24 heavy (non-hydrogen) atoms. The van der Waals surface area contributed by atoms with Crippen molar-refractivity contribution in [3.8, 4) is 0 Å². The van der Waals surface area contributed by atoms with Crippen LogP contribution in [-0.2, 0) is 4.74 Å². The van der Waals surface area contributed by atoms with Crippen LogP contribution < -0.4 is 5.32 Å². The van der Waals surface area contributed by atoms with E-state index >= 15 is 0 Å². The minimum atomic E-state index is -0.894. The van der Waals surface area contributed by atoms with E-state index in [0.717, 1.165) is 24.1 Å². The fraction of sp³-hybridized carbons (Fsp3) is 0.316. The predicted molar refractivity (Wildman–Crippen MR) is 94.9 cm³/mol. The smallest absolute Gasteiger partial charge is 0.336 e. The molecule has 0 aromatic heterocycles. The number of benzene rings is 2. The summed E-state index contributed by atoms with van der Waals surface area (Å²) in [6.45, 7) is 0.691. The Morgan fingerprint density at radius 1 is 1.12 bits per heavy atom. The molecule has 4 nitrogen and oxygen atoms in total. The van der Waals surface area contributed by atoms with Crippen LogP contribution in [0.5, 0.6) is 0 Å². The van der Waals surface area contributed by atoms with Crippen molar-refractivity contribution in [2.45, 2.75) is 25.0 Å². The predicted octanol–water partition coefficient (Wildman–Crippen LogP) is 4.44. The first-order chi connectivity index (χ1) is 11.3. The number of hydrogen-bond acceptors (Lipinski definition) is 3. The number of carbonyl (C=O) groups is 1. The first-order valence-corrected chi connectivity index (χ1v) is 8.05. The second-order valence-corrected chi connectivity index (χ2v) is 6.20. The zero-order valence-electron chi connectivity index (χ0n) is 13.1. The van der Waals surface area contributed by atoms with Crippen LogP contribution in [0.1, 0.15) is 46.5 Å². The third-order valence-electron chi connectivity index (χ3n) is 4.89. The number of nitrogens with one attached hydrogen (secondary N) is 1. The van der Waals surface area contributed by atoms with Gasteiger partial charge < -0.3 is 15.2 Å². The Morgan fingerprint density at radius 2 is 1.92 bits per heavy atom. The summed E-state index contributed by atoms with van der Waals surface area (Å²) in [5.41, 5.74) is 3.25. The SMILES string of the molecule is Cl.O=C(O)c1cccc2c1C1OCCCC1C(c1ccccc1)N2. The van der Waals surface area contributed by atoms with E-state index in [9.17, 15) is 9.90 Å². The van der Waals surface area contributed by atoms with Gasteiger partial charge in [-0.05, 0) is 30.5 Å². The molecule has 2 aliphatic heterocycles. The van der Waals surface area contributed by atoms with Gasteiger partial charge in [0.25, 0.3) is 0 Å². The van der Waals surface area contributed by atoms with E-state index in [4.69, 9.17) is 4.74 Å². The normalized spacial score (nSPS) is 24.8. The van der Waals surface area contributed by atoms with Crippen LogP contribution in [0.3, 0.4) is 0 Å². The number of hydrogen-bond donors (Lipinski definition) is 2. The van der Waals surface area contributed by atoms with Gasteiger partial charge in [-0.3, -0.25) is 0 Å². The van der Waals surface area contributed by atoms with Gasteiger partial charge in [0.2, 0.25) is 0 Å². The molecule has 5 heteroatoms. The number of rotatable bonds is 2. The van der Waals surface area contributed by atoms with Crippen LogP contribution in [0.15, 0.2) is 48.5 Å². The fourth-order valence-corrected chi connectivity index (χ4v) is 3.89. The highest BCUT2D eigenvalue weighted by Crippen LogP contribution is 2.50. The molecule has 126 valence electrons. The molecule has 3 atom stereocenters. The van der Waals surface area contributed by atoms with Crippen molar-refractivity contribution in [3.05, 3.63) is 65.2 Å². The standard InChI is InChI=1S/C19H19NO3.ClH/c21-19(22)13-8-4-10-15-16(13)18-14(9-5-11-23-18)17(20-15)12-6-2-1-3-7-12;/h1-4,6-8,10,14,17-18,20H,5,9,11H2,(H,21,22);1H. The van der Waals surface area contributed by atoms with E-state index in [2.05, 4.69) is 17.4 Å². The minimum absolute atomic E-state index is 0. The fourth-order valence-electron chi connectivity index (χ4n) is 3.89. The zero-order chi connectivity index (χ0) is 15.8. The Bertz CT molecular complexity index is 735. The van der Waals surface area contributed by atoms with Crippen LogP contribution in [0, 0.1) is 5.92 Å². The van der Waals surface area contributed by atoms with Gasteiger partial charge in [0.05, 0.1) is 17.7 Å². The molecular formula is C19H20ClNO3. The minimum Gasteiger partial charge on any atom is -0.478 e. The van der Waals surface area contributed by atoms with Gasteiger partial charge in [-0.15, -0.1) is 12.4 Å². The number of carboxylic acid groups (broad SMARTS) is 1. The molecule has 2 aliphatic rings. The van der Waals surface area contributed by atoms with E-state index in [0.29, 0.717) is 12.2 Å². The van der Waals surface area contributed by atoms with E-state index in [1.165, 1.54) is 5.56 Å². The topological polar surface area (TPSA) is 58.6 Å². The van der Waals surface area contributed by atoms with Crippen LogP contribution in [0.4, 0.5) is 5.69 Å². The summed E-state index contributed by atoms with van der Waals surface area (Å²) < 4.78 is 6.05. The molecule has 2 N–H and O–H groups in total. The van der Waals surface area contributed by atoms with Crippen LogP contribution in [0.2, 0.25) is 0 Å². The molecule has 0 spiro atoms. The summed E-state index contributed by atoms with van der Waals surface area (Å²) in [6.07, 6.45) is 1.89. The monoisotopic (exact) mass is 345 g/mol. The van der Waals surface area contributed by atoms with Crippen LogP contribution >= 0.6 is 12.4 Å². The van der Waals surface area contributed by atoms with Crippen molar-refractivity contribution >= 4 is 24.1 Å². The molecule has 0 saturated carbocycles. The molecule has 0 radical (unpaired) electrons. The first-order valence-electron chi connectivity index (χ1n) is 8.05. The maximum atomic E-state index is 11.6. The lowest BCUT2D eigenvalue weighted by atomic mass is 9.76. The highest BCUT2D eigenvalue weighted by molar-refractivity contribution is 5.92. The molecule has 2 heterocycles. The Morgan fingerprint density at radius 3 is 2.67 bits per heavy atom. The zero-order valence-corrected chi connectivity index (χ0v) is 14.0. The van der Waals surface area contributed by atoms with E-state index in [1.807, 2.05) is 24.3 Å². The molecule has 4 rings (SSSR count). The van der Waals surface area contributed by atoms with Crippen molar-refractivity contribution < 1.29 is 14.6 Å². The average molecular weight is 346 g/mol. The summed E-state index contributed by atoms with van der Waals surface area (Å²) in [5.74, 6) is -0.645. The summed E-state index contributed by atoms with van der Waals surface area (Å²) in [6, 6.07) is 15.9. The van der Waals surface area contributed by atoms with Gasteiger partial charge in [-0.2, -0.15) is 0 Å². The molecule has 0 aliphatic carbocycles. The third kappa shape index (κ3) is 2.76. The van der Waals surface area contributed by atoms with Crippen molar-refractivity contribution in [2.75, 3.05) is 11.9 Å². The van der Waals surface area contributed by atoms with Crippen LogP contribution in [-0.4, -0.2) is 17.7 Å². The Balaban J connectivity index is 0.00000169. The second kappa shape index (κ2) is 6.83. The Hall–Kier alpha value is -2.04. The maximum Gasteiger partial charge on any atom is 0.336 e. The lowest BCUT2D eigenvalue weighted by Gasteiger charge is -2.43. The highest BCUT2D eigenvalue weighted by Gasteiger charge is 2.41. The molecule has 0 bridgehead atoms. The summed E-state index contributed by atoms with van der Waals surface area (Å²) in [4.78, 5) is 11.6. The van der Waals surface area contributed by atoms with Crippen LogP contribution in [0.25, 0.3) is 0 Å². The largest absolute Gasteiger partial charge is 0.478 e. The number of halogens is 1. The Kier molecular flexibility index (Phi) is 4.78. The van der Waals surface area contributed by atoms with Gasteiger partial charge in [-0.1, -0.05) is 36.4 Å². The maximum absolute atomic E-state index is 11.6. The molecule has 2 aromatic carbocycles. The molecule has 0 amide bonds. The molecule has 2 aromatic rings. The number of carboxylic acids is 1. The van der Waals surface area contributed by atoms with Gasteiger partial charge in [-0.25, -0.2) is 4.79 Å². The number of anilines is 1. The lowest BCUT2D eigenvalue weighted by Crippen LogP contribution is -2.37. The van der Waals surface area contributed by atoms with Crippen molar-refractivity contribution in [3.63, 3.8) is 0 Å². The summed E-state index contributed by atoms with van der Waals surface area (Å²) in [7, 11) is 0. The van der Waals surface area contributed by atoms with Gasteiger partial charge in [0.15, 0.2) is 0 Å². The first kappa shape index (κ1) is 16.8. The van der Waals surface area contributed by atoms with Crippen molar-refractivity contribution in [1.29, 1.82) is 0 Å². The molecule has 3 unspecified atom stereocenters. The van der Waals surface area contributed by atoms with Crippen molar-refractivity contribution in [2.24, 2.45) is 5.92 Å². The summed E-state index contributed by atoms with van der Waals surface area (Å²) >= 11 is 0. The highest BCUT2D eigenvalue weighted by atomic mass is 35.5.